The molecule has 0 aliphatic rings. The van der Waals surface area contributed by atoms with Gasteiger partial charge in [0.15, 0.2) is 5.82 Å². The van der Waals surface area contributed by atoms with Crippen LogP contribution in [0.5, 0.6) is 0 Å². The third kappa shape index (κ3) is 6.86. The van der Waals surface area contributed by atoms with Crippen molar-refractivity contribution < 1.29 is 0 Å². The van der Waals surface area contributed by atoms with Crippen molar-refractivity contribution in [3.8, 4) is 89.8 Å². The number of fused-ring (bicyclic) bond motifs is 3. The first-order chi connectivity index (χ1) is 30.2. The van der Waals surface area contributed by atoms with Crippen LogP contribution in [-0.4, -0.2) is 19.6 Å². The molecular weight excluding hydrogens is 741 g/mol. The first-order valence-corrected chi connectivity index (χ1v) is 20.6. The van der Waals surface area contributed by atoms with Gasteiger partial charge in [-0.15, -0.1) is 0 Å². The van der Waals surface area contributed by atoms with Crippen LogP contribution in [0.4, 0.5) is 0 Å². The number of hydrogen-bond donors (Lipinski definition) is 0. The van der Waals surface area contributed by atoms with E-state index in [2.05, 4.69) is 211 Å². The summed E-state index contributed by atoms with van der Waals surface area (Å²) in [5.74, 6) is 0.695. The average molecular weight is 779 g/mol. The summed E-state index contributed by atoms with van der Waals surface area (Å²) < 4.78 is 2.15. The number of hydrogen-bond acceptors (Lipinski definition) is 3. The van der Waals surface area contributed by atoms with Gasteiger partial charge in [0, 0.05) is 38.8 Å². The SMILES string of the molecule is c1ccc(-c2cccc(-c3cc(-c4ccc(-c5ccc6cc(-c7ccccc7)n7nc(-c8ccccc8)c(-c8ccccc8)c7c6c5)cc4)nc(-c4ccccc4)n3)c2)cc1. The fraction of sp³-hybridized carbons (Fsp3) is 0. The Labute approximate surface area is 354 Å². The van der Waals surface area contributed by atoms with Gasteiger partial charge in [-0.2, -0.15) is 5.10 Å². The van der Waals surface area contributed by atoms with Crippen LogP contribution in [0.3, 0.4) is 0 Å². The van der Waals surface area contributed by atoms with Gasteiger partial charge < -0.3 is 0 Å². The molecule has 4 nitrogen and oxygen atoms in total. The van der Waals surface area contributed by atoms with Crippen molar-refractivity contribution >= 4 is 16.3 Å². The van der Waals surface area contributed by atoms with Crippen molar-refractivity contribution in [1.29, 1.82) is 0 Å². The van der Waals surface area contributed by atoms with Crippen molar-refractivity contribution in [2.45, 2.75) is 0 Å². The maximum atomic E-state index is 5.42. The second kappa shape index (κ2) is 15.5. The predicted octanol–water partition coefficient (Wildman–Crippen LogP) is 14.6. The fourth-order valence-corrected chi connectivity index (χ4v) is 8.39. The van der Waals surface area contributed by atoms with Gasteiger partial charge in [0.2, 0.25) is 0 Å². The Morgan fingerprint density at radius 3 is 1.44 bits per heavy atom. The first-order valence-electron chi connectivity index (χ1n) is 20.6. The molecule has 3 heterocycles. The third-order valence-electron chi connectivity index (χ3n) is 11.4. The quantitative estimate of drug-likeness (QED) is 0.154. The van der Waals surface area contributed by atoms with Crippen molar-refractivity contribution in [2.24, 2.45) is 0 Å². The Morgan fingerprint density at radius 2 is 0.787 bits per heavy atom. The monoisotopic (exact) mass is 778 g/mol. The standard InChI is InChI=1S/C57H38N4/c1-6-17-39(18-7-1)46-27-16-28-49(35-46)52-38-51(58-57(59-52)45-25-14-5-15-26-45)41-31-29-40(30-32-41)47-33-34-48-37-53(42-19-8-2-9-20-42)61-56(50(48)36-47)54(43-21-10-3-11-22-43)55(60-61)44-23-12-4-13-24-44/h1-38H. The summed E-state index contributed by atoms with van der Waals surface area (Å²) in [7, 11) is 0. The van der Waals surface area contributed by atoms with Crippen LogP contribution in [0.15, 0.2) is 231 Å². The molecule has 11 rings (SSSR count). The number of nitrogens with zero attached hydrogens (tertiary/aromatic N) is 4. The minimum atomic E-state index is 0.695. The molecule has 4 heteroatoms. The number of aromatic nitrogens is 4. The normalized spacial score (nSPS) is 11.3. The van der Waals surface area contributed by atoms with E-state index in [1.54, 1.807) is 0 Å². The molecule has 0 N–H and O–H groups in total. The van der Waals surface area contributed by atoms with Crippen molar-refractivity contribution in [2.75, 3.05) is 0 Å². The summed E-state index contributed by atoms with van der Waals surface area (Å²) in [6, 6.07) is 81.0. The van der Waals surface area contributed by atoms with E-state index in [1.807, 2.05) is 24.3 Å². The van der Waals surface area contributed by atoms with Crippen molar-refractivity contribution in [3.05, 3.63) is 231 Å². The summed E-state index contributed by atoms with van der Waals surface area (Å²) in [6.45, 7) is 0. The molecule has 3 aromatic heterocycles. The zero-order valence-corrected chi connectivity index (χ0v) is 33.2. The van der Waals surface area contributed by atoms with Gasteiger partial charge in [0.1, 0.15) is 5.69 Å². The Balaban J connectivity index is 1.05. The highest BCUT2D eigenvalue weighted by atomic mass is 15.2. The molecule has 0 saturated heterocycles. The number of pyridine rings is 1. The van der Waals surface area contributed by atoms with E-state index >= 15 is 0 Å². The lowest BCUT2D eigenvalue weighted by Crippen LogP contribution is -1.96. The molecule has 0 fully saturated rings. The zero-order chi connectivity index (χ0) is 40.5. The van der Waals surface area contributed by atoms with Gasteiger partial charge in [-0.25, -0.2) is 14.5 Å². The molecule has 0 unspecified atom stereocenters. The molecule has 0 bridgehead atoms. The summed E-state index contributed by atoms with van der Waals surface area (Å²) >= 11 is 0. The Bertz CT molecular complexity index is 3310. The van der Waals surface area contributed by atoms with Crippen molar-refractivity contribution in [3.63, 3.8) is 0 Å². The largest absolute Gasteiger partial charge is 0.231 e. The van der Waals surface area contributed by atoms with Crippen LogP contribution in [0.1, 0.15) is 0 Å². The summed E-state index contributed by atoms with van der Waals surface area (Å²) in [6.07, 6.45) is 0. The number of benzene rings is 8. The lowest BCUT2D eigenvalue weighted by molar-refractivity contribution is 0.979. The van der Waals surface area contributed by atoms with Crippen LogP contribution in [0, 0.1) is 0 Å². The van der Waals surface area contributed by atoms with Crippen LogP contribution >= 0.6 is 0 Å². The van der Waals surface area contributed by atoms with Gasteiger partial charge in [0.25, 0.3) is 0 Å². The minimum Gasteiger partial charge on any atom is -0.231 e. The Hall–Kier alpha value is -8.21. The molecule has 0 amide bonds. The molecule has 0 atom stereocenters. The van der Waals surface area contributed by atoms with Crippen LogP contribution in [-0.2, 0) is 0 Å². The summed E-state index contributed by atoms with van der Waals surface area (Å²) in [5, 5.41) is 7.71. The molecular formula is C57H38N4. The van der Waals surface area contributed by atoms with E-state index in [-0.39, 0.29) is 0 Å². The highest BCUT2D eigenvalue weighted by Gasteiger charge is 2.22. The molecule has 0 radical (unpaired) electrons. The molecule has 0 saturated carbocycles. The molecule has 61 heavy (non-hydrogen) atoms. The molecule has 286 valence electrons. The molecule has 8 aromatic carbocycles. The van der Waals surface area contributed by atoms with Gasteiger partial charge in [-0.1, -0.05) is 206 Å². The van der Waals surface area contributed by atoms with Crippen LogP contribution in [0.25, 0.3) is 106 Å². The average Bonchev–Trinajstić information content (AvgIpc) is 3.76. The highest BCUT2D eigenvalue weighted by molar-refractivity contribution is 6.09. The van der Waals surface area contributed by atoms with Gasteiger partial charge in [-0.05, 0) is 57.5 Å². The van der Waals surface area contributed by atoms with Gasteiger partial charge in [0.05, 0.1) is 22.6 Å². The van der Waals surface area contributed by atoms with E-state index < -0.39 is 0 Å². The Morgan fingerprint density at radius 1 is 0.311 bits per heavy atom. The maximum Gasteiger partial charge on any atom is 0.160 e. The number of rotatable bonds is 8. The van der Waals surface area contributed by atoms with Crippen LogP contribution in [0.2, 0.25) is 0 Å². The second-order valence-electron chi connectivity index (χ2n) is 15.3. The van der Waals surface area contributed by atoms with E-state index in [1.165, 1.54) is 5.56 Å². The highest BCUT2D eigenvalue weighted by Crippen LogP contribution is 2.42. The van der Waals surface area contributed by atoms with E-state index in [0.717, 1.165) is 94.7 Å². The summed E-state index contributed by atoms with van der Waals surface area (Å²) in [4.78, 5) is 10.2. The maximum absolute atomic E-state index is 5.42. The minimum absolute atomic E-state index is 0.695. The van der Waals surface area contributed by atoms with E-state index in [9.17, 15) is 0 Å². The lowest BCUT2D eigenvalue weighted by Gasteiger charge is -2.13. The molecule has 0 spiro atoms. The fourth-order valence-electron chi connectivity index (χ4n) is 8.39. The Kier molecular flexibility index (Phi) is 9.14. The van der Waals surface area contributed by atoms with E-state index in [0.29, 0.717) is 5.82 Å². The van der Waals surface area contributed by atoms with Crippen molar-refractivity contribution in [1.82, 2.24) is 19.6 Å². The predicted molar refractivity (Wildman–Crippen MR) is 252 cm³/mol. The topological polar surface area (TPSA) is 43.1 Å². The van der Waals surface area contributed by atoms with Gasteiger partial charge in [-0.3, -0.25) is 0 Å². The third-order valence-corrected chi connectivity index (χ3v) is 11.4. The molecule has 0 aliphatic carbocycles. The van der Waals surface area contributed by atoms with Gasteiger partial charge >= 0.3 is 0 Å². The lowest BCUT2D eigenvalue weighted by atomic mass is 9.94. The first kappa shape index (κ1) is 35.9. The smallest absolute Gasteiger partial charge is 0.160 e. The molecule has 0 aliphatic heterocycles. The molecule has 11 aromatic rings. The second-order valence-corrected chi connectivity index (χ2v) is 15.3. The summed E-state index contributed by atoms with van der Waals surface area (Å²) in [5.41, 5.74) is 16.9. The van der Waals surface area contributed by atoms with E-state index in [4.69, 9.17) is 15.1 Å². The zero-order valence-electron chi connectivity index (χ0n) is 33.2. The van der Waals surface area contributed by atoms with Crippen LogP contribution < -0.4 is 0 Å².